The summed E-state index contributed by atoms with van der Waals surface area (Å²) in [6.45, 7) is 0. The highest BCUT2D eigenvalue weighted by molar-refractivity contribution is 5.96. The highest BCUT2D eigenvalue weighted by atomic mass is 15.2. The lowest BCUT2D eigenvalue weighted by Gasteiger charge is -2.45. The predicted octanol–water partition coefficient (Wildman–Crippen LogP) is 15.0. The van der Waals surface area contributed by atoms with E-state index < -0.39 is 5.41 Å². The smallest absolute Gasteiger partial charge is 0.160 e. The van der Waals surface area contributed by atoms with Crippen LogP contribution in [-0.2, 0) is 5.41 Å². The highest BCUT2D eigenvalue weighted by Crippen LogP contribution is 2.63. The van der Waals surface area contributed by atoms with Crippen LogP contribution in [0.1, 0.15) is 22.3 Å². The van der Waals surface area contributed by atoms with Crippen LogP contribution in [0.2, 0.25) is 0 Å². The zero-order valence-electron chi connectivity index (χ0n) is 33.9. The largest absolute Gasteiger partial charge is 0.310 e. The van der Waals surface area contributed by atoms with E-state index in [0.717, 1.165) is 50.5 Å². The molecule has 3 nitrogen and oxygen atoms in total. The Bertz CT molecular complexity index is 3240. The van der Waals surface area contributed by atoms with E-state index in [9.17, 15) is 0 Å². The number of para-hydroxylation sites is 3. The average molecular weight is 790 g/mol. The van der Waals surface area contributed by atoms with Crippen molar-refractivity contribution in [3.05, 3.63) is 259 Å². The number of anilines is 3. The molecule has 0 saturated heterocycles. The SMILES string of the molecule is c1ccc(-c2cc(-c3ccccc3-c3ccccc3)nc(-c3ccc(-c4ccc5c(c4)C4(c6ccccc6-5)c5ccccc5N(c5ccccc5)c5ccccc54)cc3)n2)cc1. The Hall–Kier alpha value is -8.14. The summed E-state index contributed by atoms with van der Waals surface area (Å²) in [6, 6.07) is 85.1. The maximum atomic E-state index is 5.27. The van der Waals surface area contributed by atoms with Gasteiger partial charge in [0.1, 0.15) is 0 Å². The lowest BCUT2D eigenvalue weighted by atomic mass is 9.64. The second-order valence-electron chi connectivity index (χ2n) is 16.1. The standard InChI is InChI=1S/C59H39N3/c1-4-18-41(19-5-1)46-24-10-11-26-49(46)55-39-54(42-20-6-2-7-21-42)60-58(61-55)43-34-32-40(33-35-43)44-36-37-48-47-25-12-13-27-50(47)59(53(48)38-44)51-28-14-16-30-56(51)62(45-22-8-3-9-23-45)57-31-17-15-29-52(57)59/h1-39H. The summed E-state index contributed by atoms with van der Waals surface area (Å²) in [5.41, 5.74) is 20.2. The third-order valence-corrected chi connectivity index (χ3v) is 12.7. The summed E-state index contributed by atoms with van der Waals surface area (Å²) in [4.78, 5) is 12.9. The van der Waals surface area contributed by atoms with Crippen molar-refractivity contribution in [1.29, 1.82) is 0 Å². The normalized spacial score (nSPS) is 12.9. The van der Waals surface area contributed by atoms with E-state index in [4.69, 9.17) is 9.97 Å². The zero-order chi connectivity index (χ0) is 41.0. The van der Waals surface area contributed by atoms with Crippen LogP contribution in [0, 0.1) is 0 Å². The van der Waals surface area contributed by atoms with Crippen molar-refractivity contribution >= 4 is 17.1 Å². The summed E-state index contributed by atoms with van der Waals surface area (Å²) in [5.74, 6) is 0.692. The first kappa shape index (κ1) is 35.8. The summed E-state index contributed by atoms with van der Waals surface area (Å²) in [6.07, 6.45) is 0. The van der Waals surface area contributed by atoms with Crippen LogP contribution in [0.5, 0.6) is 0 Å². The summed E-state index contributed by atoms with van der Waals surface area (Å²) in [5, 5.41) is 0. The zero-order valence-corrected chi connectivity index (χ0v) is 33.9. The van der Waals surface area contributed by atoms with Gasteiger partial charge in [-0.15, -0.1) is 0 Å². The number of fused-ring (bicyclic) bond motifs is 9. The van der Waals surface area contributed by atoms with Gasteiger partial charge in [0.2, 0.25) is 0 Å². The van der Waals surface area contributed by atoms with E-state index >= 15 is 0 Å². The molecule has 1 aliphatic heterocycles. The van der Waals surface area contributed by atoms with Crippen LogP contribution in [0.3, 0.4) is 0 Å². The fraction of sp³-hybridized carbons (Fsp3) is 0.0169. The van der Waals surface area contributed by atoms with Gasteiger partial charge in [-0.25, -0.2) is 9.97 Å². The second-order valence-corrected chi connectivity index (χ2v) is 16.1. The molecule has 0 fully saturated rings. The van der Waals surface area contributed by atoms with Crippen molar-refractivity contribution < 1.29 is 0 Å². The Labute approximate surface area is 361 Å². The number of nitrogens with zero attached hydrogens (tertiary/aromatic N) is 3. The Morgan fingerprint density at radius 1 is 0.290 bits per heavy atom. The molecule has 3 heteroatoms. The van der Waals surface area contributed by atoms with Gasteiger partial charge in [0, 0.05) is 22.4 Å². The number of rotatable bonds is 6. The van der Waals surface area contributed by atoms with Gasteiger partial charge in [0.25, 0.3) is 0 Å². The van der Waals surface area contributed by atoms with Gasteiger partial charge in [0.15, 0.2) is 5.82 Å². The summed E-state index contributed by atoms with van der Waals surface area (Å²) < 4.78 is 0. The van der Waals surface area contributed by atoms with E-state index in [2.05, 4.69) is 235 Å². The minimum Gasteiger partial charge on any atom is -0.310 e. The maximum absolute atomic E-state index is 5.27. The molecule has 1 aliphatic carbocycles. The molecule has 1 aromatic heterocycles. The molecule has 2 heterocycles. The number of aromatic nitrogens is 2. The Balaban J connectivity index is 0.997. The van der Waals surface area contributed by atoms with Crippen molar-refractivity contribution in [2.75, 3.05) is 4.90 Å². The molecule has 290 valence electrons. The van der Waals surface area contributed by atoms with Crippen LogP contribution in [-0.4, -0.2) is 9.97 Å². The quantitative estimate of drug-likeness (QED) is 0.168. The number of benzene rings is 9. The van der Waals surface area contributed by atoms with Gasteiger partial charge in [-0.05, 0) is 92.0 Å². The van der Waals surface area contributed by atoms with Gasteiger partial charge in [-0.1, -0.05) is 200 Å². The lowest BCUT2D eigenvalue weighted by molar-refractivity contribution is 0.753. The molecule has 2 aliphatic rings. The van der Waals surface area contributed by atoms with E-state index in [0.29, 0.717) is 5.82 Å². The molecule has 62 heavy (non-hydrogen) atoms. The molecule has 0 radical (unpaired) electrons. The third-order valence-electron chi connectivity index (χ3n) is 12.7. The van der Waals surface area contributed by atoms with E-state index in [1.165, 1.54) is 50.3 Å². The lowest BCUT2D eigenvalue weighted by Crippen LogP contribution is -2.36. The second kappa shape index (κ2) is 14.5. The first-order chi connectivity index (χ1) is 30.8. The summed E-state index contributed by atoms with van der Waals surface area (Å²) >= 11 is 0. The fourth-order valence-electron chi connectivity index (χ4n) is 10.00. The molecule has 0 unspecified atom stereocenters. The molecule has 10 aromatic rings. The average Bonchev–Trinajstić information content (AvgIpc) is 3.65. The van der Waals surface area contributed by atoms with E-state index in [-0.39, 0.29) is 0 Å². The molecule has 0 amide bonds. The Morgan fingerprint density at radius 2 is 0.774 bits per heavy atom. The highest BCUT2D eigenvalue weighted by Gasteiger charge is 2.51. The topological polar surface area (TPSA) is 29.0 Å². The number of hydrogen-bond acceptors (Lipinski definition) is 3. The molecule has 12 rings (SSSR count). The molecular formula is C59H39N3. The minimum absolute atomic E-state index is 0.515. The van der Waals surface area contributed by atoms with Crippen LogP contribution >= 0.6 is 0 Å². The Kier molecular flexibility index (Phi) is 8.39. The van der Waals surface area contributed by atoms with Crippen LogP contribution in [0.25, 0.3) is 67.3 Å². The van der Waals surface area contributed by atoms with Crippen LogP contribution in [0.15, 0.2) is 237 Å². The molecule has 0 bridgehead atoms. The van der Waals surface area contributed by atoms with Gasteiger partial charge in [-0.2, -0.15) is 0 Å². The Morgan fingerprint density at radius 3 is 1.45 bits per heavy atom. The van der Waals surface area contributed by atoms with Crippen molar-refractivity contribution in [3.63, 3.8) is 0 Å². The summed E-state index contributed by atoms with van der Waals surface area (Å²) in [7, 11) is 0. The third kappa shape index (κ3) is 5.59. The van der Waals surface area contributed by atoms with Crippen molar-refractivity contribution in [3.8, 4) is 67.3 Å². The maximum Gasteiger partial charge on any atom is 0.160 e. The van der Waals surface area contributed by atoms with E-state index in [1.807, 2.05) is 6.07 Å². The van der Waals surface area contributed by atoms with Gasteiger partial charge >= 0.3 is 0 Å². The molecular weight excluding hydrogens is 751 g/mol. The molecule has 0 atom stereocenters. The first-order valence-electron chi connectivity index (χ1n) is 21.2. The van der Waals surface area contributed by atoms with Crippen molar-refractivity contribution in [2.45, 2.75) is 5.41 Å². The molecule has 9 aromatic carbocycles. The van der Waals surface area contributed by atoms with Gasteiger partial charge < -0.3 is 4.90 Å². The first-order valence-corrected chi connectivity index (χ1v) is 21.2. The predicted molar refractivity (Wildman–Crippen MR) is 255 cm³/mol. The van der Waals surface area contributed by atoms with Crippen molar-refractivity contribution in [1.82, 2.24) is 9.97 Å². The van der Waals surface area contributed by atoms with Gasteiger partial charge in [0.05, 0.1) is 28.2 Å². The van der Waals surface area contributed by atoms with Crippen LogP contribution < -0.4 is 4.90 Å². The number of hydrogen-bond donors (Lipinski definition) is 0. The monoisotopic (exact) mass is 789 g/mol. The van der Waals surface area contributed by atoms with Crippen LogP contribution in [0.4, 0.5) is 17.1 Å². The molecule has 1 spiro atoms. The minimum atomic E-state index is -0.515. The van der Waals surface area contributed by atoms with Crippen molar-refractivity contribution in [2.24, 2.45) is 0 Å². The van der Waals surface area contributed by atoms with E-state index in [1.54, 1.807) is 0 Å². The van der Waals surface area contributed by atoms with Gasteiger partial charge in [-0.3, -0.25) is 0 Å². The molecule has 0 N–H and O–H groups in total. The fourth-order valence-corrected chi connectivity index (χ4v) is 10.00. The molecule has 0 saturated carbocycles.